The molecule has 0 aliphatic heterocycles. The van der Waals surface area contributed by atoms with Crippen LogP contribution in [0.15, 0.2) is 0 Å². The molecule has 0 aliphatic rings. The van der Waals surface area contributed by atoms with Gasteiger partial charge in [-0.1, -0.05) is 26.2 Å². The van der Waals surface area contributed by atoms with Crippen LogP contribution < -0.4 is 0 Å². The highest BCUT2D eigenvalue weighted by atomic mass is 19.1. The van der Waals surface area contributed by atoms with Gasteiger partial charge in [0.15, 0.2) is 6.65 Å². The second-order valence-electron chi connectivity index (χ2n) is 2.34. The summed E-state index contributed by atoms with van der Waals surface area (Å²) in [5, 5.41) is 0. The largest absolute Gasteiger partial charge is 0.464 e. The number of unbranched alkanes of at least 4 members (excludes halogenated alkanes) is 3. The van der Waals surface area contributed by atoms with Crippen molar-refractivity contribution in [2.24, 2.45) is 0 Å². The minimum absolute atomic E-state index is 0.234. The zero-order valence-electron chi connectivity index (χ0n) is 7.81. The third-order valence-corrected chi connectivity index (χ3v) is 1.33. The van der Waals surface area contributed by atoms with Crippen molar-refractivity contribution in [1.82, 2.24) is 0 Å². The fourth-order valence-electron chi connectivity index (χ4n) is 0.733. The average Bonchev–Trinajstić information content (AvgIpc) is 2.03. The van der Waals surface area contributed by atoms with E-state index in [0.29, 0.717) is 0 Å². The van der Waals surface area contributed by atoms with Crippen molar-refractivity contribution >= 4 is 5.97 Å². The van der Waals surface area contributed by atoms with Crippen LogP contribution in [-0.2, 0) is 9.53 Å². The van der Waals surface area contributed by atoms with Crippen LogP contribution in [-0.4, -0.2) is 19.2 Å². The lowest BCUT2D eigenvalue weighted by atomic mass is 10.2. The van der Waals surface area contributed by atoms with E-state index in [0.717, 1.165) is 25.7 Å². The van der Waals surface area contributed by atoms with Crippen LogP contribution in [0.1, 0.15) is 34.0 Å². The van der Waals surface area contributed by atoms with E-state index in [4.69, 9.17) is 1.37 Å². The van der Waals surface area contributed by atoms with Crippen LogP contribution in [0.25, 0.3) is 0 Å². The summed E-state index contributed by atoms with van der Waals surface area (Å²) < 4.78 is 22.7. The third-order valence-electron chi connectivity index (χ3n) is 1.33. The Kier molecular flexibility index (Phi) is 5.80. The van der Waals surface area contributed by atoms with Gasteiger partial charge in [-0.15, -0.1) is 0 Å². The molecule has 0 saturated carbocycles. The van der Waals surface area contributed by atoms with E-state index in [9.17, 15) is 9.18 Å². The van der Waals surface area contributed by atoms with Gasteiger partial charge in [0, 0.05) is 0 Å². The third kappa shape index (κ3) is 7.30. The van der Waals surface area contributed by atoms with Crippen molar-refractivity contribution in [3.05, 3.63) is 0 Å². The Labute approximate surface area is 68.1 Å². The van der Waals surface area contributed by atoms with E-state index in [1.54, 1.807) is 0 Å². The number of carbonyl (C=O) groups is 1. The molecule has 0 amide bonds. The molecule has 66 valence electrons. The Morgan fingerprint density at radius 1 is 1.55 bits per heavy atom. The Balaban J connectivity index is 3.14. The predicted octanol–water partition coefficient (Wildman–Crippen LogP) is 2.08. The van der Waals surface area contributed by atoms with Gasteiger partial charge >= 0.3 is 5.97 Å². The van der Waals surface area contributed by atoms with Gasteiger partial charge in [0.25, 0.3) is 0 Å². The standard InChI is InChI=1S/C8H15FO2/c1-2-3-4-5-6-11-8(10)7-9/h2-7H2,1H3/i7D/t7-/m0/s1. The van der Waals surface area contributed by atoms with Crippen LogP contribution in [0.2, 0.25) is 0 Å². The first kappa shape index (κ1) is 8.50. The summed E-state index contributed by atoms with van der Waals surface area (Å²) in [5.41, 5.74) is 0. The molecule has 11 heavy (non-hydrogen) atoms. The Hall–Kier alpha value is -0.600. The Bertz CT molecular complexity index is 128. The number of carbonyl (C=O) groups excluding carboxylic acids is 1. The Morgan fingerprint density at radius 3 is 2.82 bits per heavy atom. The molecular formula is C8H15FO2. The van der Waals surface area contributed by atoms with Crippen LogP contribution in [0.4, 0.5) is 4.39 Å². The van der Waals surface area contributed by atoms with Gasteiger partial charge in [-0.25, -0.2) is 9.18 Å². The molecule has 0 aromatic carbocycles. The monoisotopic (exact) mass is 163 g/mol. The summed E-state index contributed by atoms with van der Waals surface area (Å²) in [6.45, 7) is 0.0714. The fourth-order valence-corrected chi connectivity index (χ4v) is 0.733. The smallest absolute Gasteiger partial charge is 0.337 e. The molecule has 0 saturated heterocycles. The number of esters is 1. The van der Waals surface area contributed by atoms with Crippen molar-refractivity contribution in [3.8, 4) is 0 Å². The fraction of sp³-hybridized carbons (Fsp3) is 0.875. The minimum atomic E-state index is -2.24. The SMILES string of the molecule is [2H][C@H](F)C(=O)OCCCCCC. The number of hydrogen-bond donors (Lipinski definition) is 0. The highest BCUT2D eigenvalue weighted by Crippen LogP contribution is 1.98. The van der Waals surface area contributed by atoms with Crippen LogP contribution in [0.3, 0.4) is 0 Å². The van der Waals surface area contributed by atoms with Crippen LogP contribution in [0.5, 0.6) is 0 Å². The lowest BCUT2D eigenvalue weighted by Crippen LogP contribution is -2.07. The topological polar surface area (TPSA) is 26.3 Å². The molecule has 0 spiro atoms. The second kappa shape index (κ2) is 7.51. The first-order valence-electron chi connectivity index (χ1n) is 4.49. The highest BCUT2D eigenvalue weighted by molar-refractivity contribution is 5.70. The molecule has 0 heterocycles. The first-order chi connectivity index (χ1) is 5.68. The van der Waals surface area contributed by atoms with Crippen molar-refractivity contribution in [1.29, 1.82) is 0 Å². The van der Waals surface area contributed by atoms with Gasteiger partial charge in [-0.3, -0.25) is 0 Å². The molecule has 0 bridgehead atoms. The number of hydrogen-bond acceptors (Lipinski definition) is 2. The Morgan fingerprint density at radius 2 is 2.27 bits per heavy atom. The molecule has 2 nitrogen and oxygen atoms in total. The molecule has 0 unspecified atom stereocenters. The molecule has 1 atom stereocenters. The predicted molar refractivity (Wildman–Crippen MR) is 41.1 cm³/mol. The van der Waals surface area contributed by atoms with Gasteiger partial charge in [-0.2, -0.15) is 0 Å². The lowest BCUT2D eigenvalue weighted by Gasteiger charge is -2.00. The molecule has 0 rings (SSSR count). The molecule has 0 aromatic heterocycles. The number of rotatable bonds is 6. The summed E-state index contributed by atoms with van der Waals surface area (Å²) in [6, 6.07) is 0. The summed E-state index contributed by atoms with van der Waals surface area (Å²) in [5.74, 6) is -1.08. The average molecular weight is 163 g/mol. The van der Waals surface area contributed by atoms with Crippen molar-refractivity contribution in [2.75, 3.05) is 13.3 Å². The van der Waals surface area contributed by atoms with E-state index in [1.807, 2.05) is 0 Å². The second-order valence-corrected chi connectivity index (χ2v) is 2.34. The number of alkyl halides is 1. The van der Waals surface area contributed by atoms with Gasteiger partial charge < -0.3 is 4.74 Å². The van der Waals surface area contributed by atoms with Gasteiger partial charge in [-0.05, 0) is 6.42 Å². The lowest BCUT2D eigenvalue weighted by molar-refractivity contribution is -0.144. The van der Waals surface area contributed by atoms with Crippen LogP contribution in [0, 0.1) is 0 Å². The summed E-state index contributed by atoms with van der Waals surface area (Å²) in [7, 11) is 0. The zero-order valence-corrected chi connectivity index (χ0v) is 6.81. The molecular weight excluding hydrogens is 147 g/mol. The highest BCUT2D eigenvalue weighted by Gasteiger charge is 1.98. The summed E-state index contributed by atoms with van der Waals surface area (Å²) >= 11 is 0. The maximum atomic E-state index is 11.9. The van der Waals surface area contributed by atoms with E-state index < -0.39 is 12.6 Å². The molecule has 0 aromatic rings. The number of halogens is 1. The van der Waals surface area contributed by atoms with E-state index >= 15 is 0 Å². The minimum Gasteiger partial charge on any atom is -0.464 e. The van der Waals surface area contributed by atoms with Gasteiger partial charge in [0.1, 0.15) is 0 Å². The molecule has 0 aliphatic carbocycles. The molecule has 0 radical (unpaired) electrons. The molecule has 3 heteroatoms. The normalized spacial score (nSPS) is 13.8. The molecule has 0 N–H and O–H groups in total. The molecule has 0 fully saturated rings. The quantitative estimate of drug-likeness (QED) is 0.442. The maximum Gasteiger partial charge on any atom is 0.337 e. The number of ether oxygens (including phenoxy) is 1. The maximum absolute atomic E-state index is 11.9. The van der Waals surface area contributed by atoms with Gasteiger partial charge in [0.2, 0.25) is 0 Å². The first-order valence-corrected chi connectivity index (χ1v) is 3.91. The van der Waals surface area contributed by atoms with Crippen molar-refractivity contribution in [3.63, 3.8) is 0 Å². The van der Waals surface area contributed by atoms with Crippen molar-refractivity contribution in [2.45, 2.75) is 32.6 Å². The van der Waals surface area contributed by atoms with Crippen LogP contribution >= 0.6 is 0 Å². The van der Waals surface area contributed by atoms with E-state index in [2.05, 4.69) is 11.7 Å². The summed E-state index contributed by atoms with van der Waals surface area (Å²) in [6.07, 6.45) is 3.95. The summed E-state index contributed by atoms with van der Waals surface area (Å²) in [4.78, 5) is 10.4. The van der Waals surface area contributed by atoms with E-state index in [-0.39, 0.29) is 6.61 Å². The van der Waals surface area contributed by atoms with Crippen molar-refractivity contribution < 1.29 is 15.3 Å². The zero-order chi connectivity index (χ0) is 9.40. The van der Waals surface area contributed by atoms with Gasteiger partial charge in [0.05, 0.1) is 7.98 Å². The van der Waals surface area contributed by atoms with E-state index in [1.165, 1.54) is 0 Å².